The Bertz CT molecular complexity index is 1140. The Labute approximate surface area is 293 Å². The predicted octanol–water partition coefficient (Wildman–Crippen LogP) is 11.8. The molecule has 0 bridgehead atoms. The van der Waals surface area contributed by atoms with Gasteiger partial charge in [-0.05, 0) is 63.5 Å². The highest BCUT2D eigenvalue weighted by atomic mass is 32.2. The van der Waals surface area contributed by atoms with Gasteiger partial charge in [0.1, 0.15) is 4.90 Å². The van der Waals surface area contributed by atoms with Gasteiger partial charge in [0.25, 0.3) is 10.1 Å². The molecule has 0 fully saturated rings. The van der Waals surface area contributed by atoms with Crippen LogP contribution in [0.4, 0.5) is 0 Å². The fraction of sp³-hybridized carbons (Fsp3) is 0.700. The molecule has 1 rings (SSSR count). The molecule has 0 saturated carbocycles. The summed E-state index contributed by atoms with van der Waals surface area (Å²) in [6.45, 7) is 4.66. The quantitative estimate of drug-likeness (QED) is 0.0357. The van der Waals surface area contributed by atoms with Crippen molar-refractivity contribution in [2.45, 2.75) is 173 Å². The number of hydrogen-bond donors (Lipinski definition) is 1. The summed E-state index contributed by atoms with van der Waals surface area (Å²) in [5.41, 5.74) is -0.733. The first-order valence-corrected chi connectivity index (χ1v) is 20.5. The van der Waals surface area contributed by atoms with Gasteiger partial charge < -0.3 is 9.47 Å². The molecule has 1 aromatic carbocycles. The Morgan fingerprint density at radius 3 is 1.35 bits per heavy atom. The Morgan fingerprint density at radius 1 is 0.562 bits per heavy atom. The molecule has 0 spiro atoms. The normalized spacial score (nSPS) is 11.9. The van der Waals surface area contributed by atoms with Crippen LogP contribution in [0.2, 0.25) is 0 Å². The van der Waals surface area contributed by atoms with Crippen LogP contribution >= 0.6 is 0 Å². The molecule has 1 N–H and O–H groups in total. The monoisotopic (exact) mass is 690 g/mol. The Hall–Kier alpha value is -2.45. The van der Waals surface area contributed by atoms with Crippen LogP contribution in [0.15, 0.2) is 47.4 Å². The van der Waals surface area contributed by atoms with E-state index in [0.717, 1.165) is 25.3 Å². The number of ether oxygens (including phenoxy) is 2. The van der Waals surface area contributed by atoms with Gasteiger partial charge in [0, 0.05) is 0 Å². The van der Waals surface area contributed by atoms with Gasteiger partial charge in [0.05, 0.1) is 24.3 Å². The molecule has 0 aliphatic carbocycles. The fourth-order valence-electron chi connectivity index (χ4n) is 5.63. The third-order valence-electron chi connectivity index (χ3n) is 8.51. The molecule has 8 heteroatoms. The molecule has 0 aliphatic rings. The summed E-state index contributed by atoms with van der Waals surface area (Å²) in [4.78, 5) is 25.1. The van der Waals surface area contributed by atoms with Gasteiger partial charge in [0.15, 0.2) is 0 Å². The number of allylic oxidation sites excluding steroid dienone is 4. The number of unbranched alkanes of at least 4 members (excludes halogenated alkanes) is 20. The van der Waals surface area contributed by atoms with Gasteiger partial charge in [-0.15, -0.1) is 0 Å². The maximum atomic E-state index is 13.0. The second kappa shape index (κ2) is 29.5. The first-order chi connectivity index (χ1) is 23.3. The molecule has 1 aromatic rings. The molecular formula is C40H66O7S. The van der Waals surface area contributed by atoms with E-state index in [2.05, 4.69) is 38.2 Å². The standard InChI is InChI=1S/C40H66O7S/c1-3-5-7-9-11-13-15-17-19-21-23-25-27-29-34-46-39(41)36-32-31-33-37(48(43,44)45)38(36)40(42)47-35-30-28-26-24-22-20-18-16-14-12-10-8-6-4-2/h23-26,31-33H,3-22,27-30,34-35H2,1-2H3,(H,43,44,45)/b25-23+,26-24+. The van der Waals surface area contributed by atoms with Gasteiger partial charge in [0.2, 0.25) is 0 Å². The van der Waals surface area contributed by atoms with E-state index in [1.165, 1.54) is 128 Å². The van der Waals surface area contributed by atoms with Crippen molar-refractivity contribution in [1.82, 2.24) is 0 Å². The summed E-state index contributed by atoms with van der Waals surface area (Å²) in [6.07, 6.45) is 36.6. The van der Waals surface area contributed by atoms with Crippen molar-refractivity contribution in [2.24, 2.45) is 0 Å². The number of benzene rings is 1. The zero-order valence-corrected chi connectivity index (χ0v) is 31.0. The maximum Gasteiger partial charge on any atom is 0.340 e. The molecular weight excluding hydrogens is 624 g/mol. The molecule has 0 saturated heterocycles. The van der Waals surface area contributed by atoms with E-state index >= 15 is 0 Å². The van der Waals surface area contributed by atoms with Crippen molar-refractivity contribution in [2.75, 3.05) is 13.2 Å². The summed E-state index contributed by atoms with van der Waals surface area (Å²) in [5, 5.41) is 0. The molecule has 0 heterocycles. The third-order valence-corrected chi connectivity index (χ3v) is 9.40. The molecule has 0 aromatic heterocycles. The van der Waals surface area contributed by atoms with E-state index in [-0.39, 0.29) is 18.8 Å². The fourth-order valence-corrected chi connectivity index (χ4v) is 6.33. The van der Waals surface area contributed by atoms with Crippen LogP contribution in [-0.4, -0.2) is 38.1 Å². The van der Waals surface area contributed by atoms with Crippen molar-refractivity contribution in [3.8, 4) is 0 Å². The predicted molar refractivity (Wildman–Crippen MR) is 197 cm³/mol. The first-order valence-electron chi connectivity index (χ1n) is 19.1. The summed E-state index contributed by atoms with van der Waals surface area (Å²) in [6, 6.07) is 3.69. The van der Waals surface area contributed by atoms with Crippen molar-refractivity contribution in [3.05, 3.63) is 53.6 Å². The minimum absolute atomic E-state index is 0.0564. The van der Waals surface area contributed by atoms with E-state index in [4.69, 9.17) is 9.47 Å². The summed E-state index contributed by atoms with van der Waals surface area (Å²) in [7, 11) is -4.77. The summed E-state index contributed by atoms with van der Waals surface area (Å²) < 4.78 is 44.5. The first kappa shape index (κ1) is 43.6. The molecule has 274 valence electrons. The maximum absolute atomic E-state index is 13.0. The summed E-state index contributed by atoms with van der Waals surface area (Å²) >= 11 is 0. The second-order valence-electron chi connectivity index (χ2n) is 12.9. The molecule has 0 unspecified atom stereocenters. The van der Waals surface area contributed by atoms with E-state index in [0.29, 0.717) is 19.3 Å². The number of rotatable bonds is 31. The molecule has 0 amide bonds. The van der Waals surface area contributed by atoms with Crippen LogP contribution in [-0.2, 0) is 19.6 Å². The lowest BCUT2D eigenvalue weighted by atomic mass is 10.1. The van der Waals surface area contributed by atoms with Crippen LogP contribution in [0.3, 0.4) is 0 Å². The lowest BCUT2D eigenvalue weighted by Gasteiger charge is -2.12. The van der Waals surface area contributed by atoms with E-state index in [1.54, 1.807) is 0 Å². The largest absolute Gasteiger partial charge is 0.462 e. The second-order valence-corrected chi connectivity index (χ2v) is 14.3. The molecule has 48 heavy (non-hydrogen) atoms. The van der Waals surface area contributed by atoms with Crippen LogP contribution in [0.5, 0.6) is 0 Å². The van der Waals surface area contributed by atoms with Gasteiger partial charge in [-0.2, -0.15) is 8.42 Å². The molecule has 0 atom stereocenters. The minimum atomic E-state index is -4.77. The van der Waals surface area contributed by atoms with Crippen LogP contribution in [0.1, 0.15) is 189 Å². The zero-order chi connectivity index (χ0) is 35.1. The average Bonchev–Trinajstić information content (AvgIpc) is 3.07. The molecule has 7 nitrogen and oxygen atoms in total. The lowest BCUT2D eigenvalue weighted by Crippen LogP contribution is -2.19. The SMILES string of the molecule is CCCCCCCCCCC/C=C/CCCOC(=O)c1cccc(S(=O)(=O)O)c1C(=O)OCCC/C=C/CCCCCCCCCCC. The van der Waals surface area contributed by atoms with E-state index < -0.39 is 32.5 Å². The van der Waals surface area contributed by atoms with Gasteiger partial charge in [-0.1, -0.05) is 147 Å². The number of carbonyl (C=O) groups is 2. The van der Waals surface area contributed by atoms with Crippen molar-refractivity contribution in [1.29, 1.82) is 0 Å². The molecule has 0 aliphatic heterocycles. The highest BCUT2D eigenvalue weighted by molar-refractivity contribution is 7.86. The zero-order valence-electron chi connectivity index (χ0n) is 30.2. The molecule has 0 radical (unpaired) electrons. The smallest absolute Gasteiger partial charge is 0.340 e. The van der Waals surface area contributed by atoms with Gasteiger partial charge >= 0.3 is 11.9 Å². The number of carbonyl (C=O) groups excluding carboxylic acids is 2. The number of hydrogen-bond acceptors (Lipinski definition) is 6. The topological polar surface area (TPSA) is 107 Å². The van der Waals surface area contributed by atoms with Gasteiger partial charge in [-0.3, -0.25) is 4.55 Å². The van der Waals surface area contributed by atoms with Crippen molar-refractivity contribution < 1.29 is 32.0 Å². The Morgan fingerprint density at radius 2 is 0.938 bits per heavy atom. The third kappa shape index (κ3) is 22.2. The van der Waals surface area contributed by atoms with Crippen LogP contribution in [0.25, 0.3) is 0 Å². The van der Waals surface area contributed by atoms with E-state index in [1.807, 2.05) is 0 Å². The average molecular weight is 691 g/mol. The van der Waals surface area contributed by atoms with Crippen LogP contribution in [0, 0.1) is 0 Å². The van der Waals surface area contributed by atoms with Crippen molar-refractivity contribution in [3.63, 3.8) is 0 Å². The minimum Gasteiger partial charge on any atom is -0.462 e. The Kier molecular flexibility index (Phi) is 26.7. The summed E-state index contributed by atoms with van der Waals surface area (Å²) in [5.74, 6) is -1.81. The number of esters is 2. The lowest BCUT2D eigenvalue weighted by molar-refractivity contribution is 0.0450. The Balaban J connectivity index is 2.38. The van der Waals surface area contributed by atoms with Gasteiger partial charge in [-0.25, -0.2) is 9.59 Å². The van der Waals surface area contributed by atoms with Crippen LogP contribution < -0.4 is 0 Å². The highest BCUT2D eigenvalue weighted by Crippen LogP contribution is 2.22. The van der Waals surface area contributed by atoms with E-state index in [9.17, 15) is 22.6 Å². The van der Waals surface area contributed by atoms with Crippen molar-refractivity contribution >= 4 is 22.1 Å². The highest BCUT2D eigenvalue weighted by Gasteiger charge is 2.28.